The molecule has 0 unspecified atom stereocenters. The number of carbonyl (C=O) groups is 3. The molecule has 1 fully saturated rings. The summed E-state index contributed by atoms with van der Waals surface area (Å²) in [6, 6.07) is 0. The predicted molar refractivity (Wildman–Crippen MR) is 73.0 cm³/mol. The summed E-state index contributed by atoms with van der Waals surface area (Å²) >= 11 is 0. The number of ether oxygens (including phenoxy) is 1. The number of carbonyl (C=O) groups excluding carboxylic acids is 3. The van der Waals surface area contributed by atoms with Gasteiger partial charge in [0.25, 0.3) is 11.8 Å². The fraction of sp³-hybridized carbons (Fsp3) is 0.462. The van der Waals surface area contributed by atoms with Gasteiger partial charge in [0.15, 0.2) is 0 Å². The van der Waals surface area contributed by atoms with Crippen LogP contribution in [0.4, 0.5) is 4.79 Å². The van der Waals surface area contributed by atoms with Crippen molar-refractivity contribution in [2.75, 3.05) is 13.2 Å². The van der Waals surface area contributed by atoms with Crippen molar-refractivity contribution in [1.29, 1.82) is 0 Å². The molecule has 0 aromatic heterocycles. The quantitative estimate of drug-likeness (QED) is 0.177. The Morgan fingerprint density at radius 1 is 1.33 bits per heavy atom. The minimum absolute atomic E-state index is 0.00283. The highest BCUT2D eigenvalue weighted by Gasteiger charge is 2.33. The van der Waals surface area contributed by atoms with Gasteiger partial charge in [0.1, 0.15) is 6.61 Å². The molecule has 1 aliphatic rings. The van der Waals surface area contributed by atoms with Gasteiger partial charge in [-0.15, -0.1) is 0 Å². The Morgan fingerprint density at radius 2 is 2.00 bits per heavy atom. The van der Waals surface area contributed by atoms with Gasteiger partial charge in [-0.25, -0.2) is 10.6 Å². The number of hydrazine groups is 1. The van der Waals surface area contributed by atoms with Crippen LogP contribution in [0.25, 0.3) is 0 Å². The minimum Gasteiger partial charge on any atom is -0.428 e. The third kappa shape index (κ3) is 6.09. The molecular weight excluding hydrogens is 278 g/mol. The van der Waals surface area contributed by atoms with Gasteiger partial charge in [0, 0.05) is 25.6 Å². The van der Waals surface area contributed by atoms with E-state index in [1.165, 1.54) is 11.2 Å². The summed E-state index contributed by atoms with van der Waals surface area (Å²) in [6.45, 7) is 4.20. The van der Waals surface area contributed by atoms with Gasteiger partial charge >= 0.3 is 6.16 Å². The summed E-state index contributed by atoms with van der Waals surface area (Å²) in [5, 5.41) is 1.92. The van der Waals surface area contributed by atoms with Gasteiger partial charge in [-0.3, -0.25) is 14.4 Å². The number of hydrogen-bond donors (Lipinski definition) is 1. The Labute approximate surface area is 122 Å². The lowest BCUT2D eigenvalue weighted by atomic mass is 10.3. The van der Waals surface area contributed by atoms with Crippen molar-refractivity contribution >= 4 is 18.0 Å². The van der Waals surface area contributed by atoms with Crippen molar-refractivity contribution in [3.8, 4) is 0 Å². The molecule has 21 heavy (non-hydrogen) atoms. The number of amides is 2. The second kappa shape index (κ2) is 8.75. The minimum atomic E-state index is -1.08. The van der Waals surface area contributed by atoms with Gasteiger partial charge in [-0.2, -0.15) is 0 Å². The molecule has 0 atom stereocenters. The molecule has 2 N–H and O–H groups in total. The van der Waals surface area contributed by atoms with E-state index in [1.807, 2.05) is 6.08 Å². The highest BCUT2D eigenvalue weighted by Crippen LogP contribution is 2.12. The average Bonchev–Trinajstić information content (AvgIpc) is 2.77. The molecule has 2 amide bonds. The Bertz CT molecular complexity index is 420. The fourth-order valence-electron chi connectivity index (χ4n) is 1.54. The van der Waals surface area contributed by atoms with E-state index in [-0.39, 0.29) is 19.4 Å². The maximum atomic E-state index is 11.2. The first-order valence-corrected chi connectivity index (χ1v) is 6.54. The predicted octanol–water partition coefficient (Wildman–Crippen LogP) is 0.859. The Balaban J connectivity index is 2.12. The molecule has 0 saturated carbocycles. The normalized spacial score (nSPS) is 14.6. The summed E-state index contributed by atoms with van der Waals surface area (Å²) in [5.74, 6) is 4.42. The topological polar surface area (TPSA) is 102 Å². The lowest BCUT2D eigenvalue weighted by Gasteiger charge is -2.11. The molecule has 8 heteroatoms. The number of imide groups is 1. The maximum absolute atomic E-state index is 11.2. The summed E-state index contributed by atoms with van der Waals surface area (Å²) in [6.07, 6.45) is 5.62. The zero-order valence-electron chi connectivity index (χ0n) is 11.7. The molecule has 0 aromatic rings. The molecule has 0 spiro atoms. The van der Waals surface area contributed by atoms with Crippen LogP contribution in [-0.4, -0.2) is 41.2 Å². The van der Waals surface area contributed by atoms with Crippen LogP contribution in [0.1, 0.15) is 25.7 Å². The van der Waals surface area contributed by atoms with Crippen LogP contribution >= 0.6 is 0 Å². The first-order valence-electron chi connectivity index (χ1n) is 6.54. The maximum Gasteiger partial charge on any atom is 0.534 e. The van der Waals surface area contributed by atoms with Crippen molar-refractivity contribution < 1.29 is 24.0 Å². The van der Waals surface area contributed by atoms with Gasteiger partial charge in [0.2, 0.25) is 0 Å². The van der Waals surface area contributed by atoms with Gasteiger partial charge in [0.05, 0.1) is 0 Å². The van der Waals surface area contributed by atoms with Crippen molar-refractivity contribution in [3.05, 3.63) is 24.9 Å². The van der Waals surface area contributed by atoms with E-state index in [9.17, 15) is 14.4 Å². The molecule has 1 aliphatic heterocycles. The third-order valence-corrected chi connectivity index (χ3v) is 2.66. The molecule has 8 nitrogen and oxygen atoms in total. The standard InChI is InChI=1S/C13H19N3O5/c1-2-15(14)9-5-3-4-6-10-20-13(19)21-16-11(17)7-8-12(16)18/h2,4,6H,1,3,5,7-10,14H2/b6-4-. The zero-order valence-corrected chi connectivity index (χ0v) is 11.7. The van der Waals surface area contributed by atoms with Crippen molar-refractivity contribution in [2.24, 2.45) is 5.84 Å². The molecule has 116 valence electrons. The number of unbranched alkanes of at least 4 members (excludes halogenated alkanes) is 1. The van der Waals surface area contributed by atoms with Crippen LogP contribution < -0.4 is 5.84 Å². The van der Waals surface area contributed by atoms with Crippen LogP contribution in [0.15, 0.2) is 24.9 Å². The number of nitrogens with zero attached hydrogens (tertiary/aromatic N) is 2. The Hall–Kier alpha value is -2.35. The smallest absolute Gasteiger partial charge is 0.428 e. The van der Waals surface area contributed by atoms with E-state index in [0.29, 0.717) is 11.6 Å². The van der Waals surface area contributed by atoms with Crippen LogP contribution in [-0.2, 0) is 19.2 Å². The highest BCUT2D eigenvalue weighted by atomic mass is 16.8. The lowest BCUT2D eigenvalue weighted by molar-refractivity contribution is -0.176. The first kappa shape index (κ1) is 16.7. The number of hydrogen-bond acceptors (Lipinski definition) is 7. The fourth-order valence-corrected chi connectivity index (χ4v) is 1.54. The van der Waals surface area contributed by atoms with E-state index < -0.39 is 18.0 Å². The van der Waals surface area contributed by atoms with Gasteiger partial charge < -0.3 is 9.75 Å². The van der Waals surface area contributed by atoms with E-state index in [2.05, 4.69) is 11.4 Å². The lowest BCUT2D eigenvalue weighted by Crippen LogP contribution is -2.32. The number of nitrogens with two attached hydrogens (primary N) is 1. The molecule has 1 saturated heterocycles. The molecule has 1 rings (SSSR count). The van der Waals surface area contributed by atoms with Crippen LogP contribution in [0.2, 0.25) is 0 Å². The molecule has 0 aliphatic carbocycles. The molecule has 0 radical (unpaired) electrons. The first-order chi connectivity index (χ1) is 10.0. The summed E-state index contributed by atoms with van der Waals surface area (Å²) in [7, 11) is 0. The monoisotopic (exact) mass is 297 g/mol. The highest BCUT2D eigenvalue weighted by molar-refractivity contribution is 6.01. The van der Waals surface area contributed by atoms with Crippen molar-refractivity contribution in [3.63, 3.8) is 0 Å². The number of hydroxylamine groups is 2. The van der Waals surface area contributed by atoms with E-state index in [4.69, 9.17) is 10.6 Å². The second-order valence-corrected chi connectivity index (χ2v) is 4.27. The third-order valence-electron chi connectivity index (χ3n) is 2.66. The number of rotatable bonds is 8. The molecule has 1 heterocycles. The SMILES string of the molecule is C=CN(N)CCC/C=C\COC(=O)ON1C(=O)CCC1=O. The Morgan fingerprint density at radius 3 is 2.62 bits per heavy atom. The molecular formula is C13H19N3O5. The van der Waals surface area contributed by atoms with Crippen molar-refractivity contribution in [2.45, 2.75) is 25.7 Å². The summed E-state index contributed by atoms with van der Waals surface area (Å²) in [5.41, 5.74) is 0. The van der Waals surface area contributed by atoms with E-state index >= 15 is 0 Å². The molecule has 0 bridgehead atoms. The zero-order chi connectivity index (χ0) is 15.7. The number of allylic oxidation sites excluding steroid dienone is 1. The van der Waals surface area contributed by atoms with Crippen LogP contribution in [0.3, 0.4) is 0 Å². The molecule has 0 aromatic carbocycles. The van der Waals surface area contributed by atoms with E-state index in [1.54, 1.807) is 6.08 Å². The average molecular weight is 297 g/mol. The van der Waals surface area contributed by atoms with Crippen LogP contribution in [0.5, 0.6) is 0 Å². The summed E-state index contributed by atoms with van der Waals surface area (Å²) < 4.78 is 4.70. The van der Waals surface area contributed by atoms with Crippen LogP contribution in [0, 0.1) is 0 Å². The largest absolute Gasteiger partial charge is 0.534 e. The van der Waals surface area contributed by atoms with Gasteiger partial charge in [-0.05, 0) is 12.8 Å². The summed E-state index contributed by atoms with van der Waals surface area (Å²) in [4.78, 5) is 38.1. The van der Waals surface area contributed by atoms with Gasteiger partial charge in [-0.1, -0.05) is 23.8 Å². The second-order valence-electron chi connectivity index (χ2n) is 4.27. The Kier molecular flexibility index (Phi) is 6.96. The van der Waals surface area contributed by atoms with Crippen molar-refractivity contribution in [1.82, 2.24) is 10.1 Å². The van der Waals surface area contributed by atoms with E-state index in [0.717, 1.165) is 12.8 Å².